The van der Waals surface area contributed by atoms with Crippen LogP contribution in [0.4, 0.5) is 0 Å². The molecule has 4 atom stereocenters. The molecule has 0 bridgehead atoms. The summed E-state index contributed by atoms with van der Waals surface area (Å²) in [7, 11) is 0. The van der Waals surface area contributed by atoms with Gasteiger partial charge in [0.15, 0.2) is 0 Å². The Bertz CT molecular complexity index is 630. The van der Waals surface area contributed by atoms with Gasteiger partial charge in [0.2, 0.25) is 23.6 Å². The number of nitrogens with two attached hydrogens (primary N) is 2. The van der Waals surface area contributed by atoms with E-state index in [4.69, 9.17) is 11.5 Å². The number of carboxylic acids is 1. The van der Waals surface area contributed by atoms with Crippen molar-refractivity contribution in [2.24, 2.45) is 17.4 Å². The van der Waals surface area contributed by atoms with Crippen LogP contribution in [0.1, 0.15) is 40.0 Å². The topological polar surface area (TPSA) is 194 Å². The quantitative estimate of drug-likeness (QED) is 0.186. The third-order valence-electron chi connectivity index (χ3n) is 4.08. The summed E-state index contributed by atoms with van der Waals surface area (Å²) in [5.41, 5.74) is 10.9. The molecule has 0 aliphatic heterocycles. The number of hydrogen-bond donors (Lipinski definition) is 6. The van der Waals surface area contributed by atoms with E-state index in [1.54, 1.807) is 6.26 Å². The molecule has 0 saturated carbocycles. The first-order valence-corrected chi connectivity index (χ1v) is 10.9. The molecule has 0 aliphatic rings. The first-order valence-electron chi connectivity index (χ1n) is 9.55. The molecule has 30 heavy (non-hydrogen) atoms. The number of primary amides is 1. The van der Waals surface area contributed by atoms with Gasteiger partial charge in [-0.1, -0.05) is 13.8 Å². The Morgan fingerprint density at radius 2 is 1.50 bits per heavy atom. The Kier molecular flexibility index (Phi) is 12.7. The molecule has 4 amide bonds. The summed E-state index contributed by atoms with van der Waals surface area (Å²) in [5.74, 6) is -3.53. The summed E-state index contributed by atoms with van der Waals surface area (Å²) in [4.78, 5) is 59.6. The summed E-state index contributed by atoms with van der Waals surface area (Å²) >= 11 is 1.41. The molecule has 0 heterocycles. The second-order valence-corrected chi connectivity index (χ2v) is 8.36. The first-order chi connectivity index (χ1) is 13.9. The molecule has 172 valence electrons. The molecule has 0 radical (unpaired) electrons. The minimum Gasteiger partial charge on any atom is -0.480 e. The van der Waals surface area contributed by atoms with E-state index in [0.717, 1.165) is 0 Å². The van der Waals surface area contributed by atoms with Crippen molar-refractivity contribution in [2.45, 2.75) is 64.2 Å². The SMILES string of the molecule is CSCCC(NC(=O)C(CC(N)=O)NC(=O)C(C)NC(=O)C(N)CC(C)C)C(=O)O. The number of rotatable bonds is 14. The summed E-state index contributed by atoms with van der Waals surface area (Å²) in [5, 5.41) is 16.3. The van der Waals surface area contributed by atoms with Crippen molar-refractivity contribution in [2.75, 3.05) is 12.0 Å². The third kappa shape index (κ3) is 11.0. The highest BCUT2D eigenvalue weighted by Crippen LogP contribution is 2.04. The molecule has 12 heteroatoms. The highest BCUT2D eigenvalue weighted by molar-refractivity contribution is 7.98. The molecule has 8 N–H and O–H groups in total. The molecule has 0 aromatic heterocycles. The van der Waals surface area contributed by atoms with Gasteiger partial charge in [0, 0.05) is 0 Å². The molecule has 0 aromatic carbocycles. The summed E-state index contributed by atoms with van der Waals surface area (Å²) in [6.07, 6.45) is 1.86. The lowest BCUT2D eigenvalue weighted by atomic mass is 10.0. The average Bonchev–Trinajstić information content (AvgIpc) is 2.62. The number of carbonyl (C=O) groups excluding carboxylic acids is 4. The predicted octanol–water partition coefficient (Wildman–Crippen LogP) is -1.45. The van der Waals surface area contributed by atoms with Crippen LogP contribution in [0.3, 0.4) is 0 Å². The smallest absolute Gasteiger partial charge is 0.326 e. The van der Waals surface area contributed by atoms with E-state index in [2.05, 4.69) is 16.0 Å². The average molecular weight is 448 g/mol. The highest BCUT2D eigenvalue weighted by Gasteiger charge is 2.29. The van der Waals surface area contributed by atoms with Crippen molar-refractivity contribution in [3.8, 4) is 0 Å². The van der Waals surface area contributed by atoms with Crippen molar-refractivity contribution in [3.63, 3.8) is 0 Å². The van der Waals surface area contributed by atoms with E-state index in [-0.39, 0.29) is 12.3 Å². The maximum atomic E-state index is 12.5. The number of hydrogen-bond acceptors (Lipinski definition) is 7. The zero-order chi connectivity index (χ0) is 23.4. The van der Waals surface area contributed by atoms with Crippen LogP contribution in [-0.2, 0) is 24.0 Å². The first kappa shape index (κ1) is 27.7. The lowest BCUT2D eigenvalue weighted by molar-refractivity contribution is -0.142. The Hall–Kier alpha value is -2.34. The second kappa shape index (κ2) is 13.8. The van der Waals surface area contributed by atoms with Crippen molar-refractivity contribution >= 4 is 41.4 Å². The molecule has 0 fully saturated rings. The van der Waals surface area contributed by atoms with Gasteiger partial charge in [-0.3, -0.25) is 19.2 Å². The zero-order valence-electron chi connectivity index (χ0n) is 17.8. The number of amides is 4. The van der Waals surface area contributed by atoms with Crippen LogP contribution >= 0.6 is 11.8 Å². The predicted molar refractivity (Wildman–Crippen MR) is 113 cm³/mol. The number of thioether (sulfide) groups is 1. The minimum absolute atomic E-state index is 0.166. The number of nitrogens with one attached hydrogen (secondary N) is 3. The normalized spacial score (nSPS) is 14.9. The van der Waals surface area contributed by atoms with E-state index in [1.807, 2.05) is 13.8 Å². The third-order valence-corrected chi connectivity index (χ3v) is 4.72. The van der Waals surface area contributed by atoms with Crippen LogP contribution in [0.5, 0.6) is 0 Å². The van der Waals surface area contributed by atoms with Crippen LogP contribution in [0, 0.1) is 5.92 Å². The van der Waals surface area contributed by atoms with Gasteiger partial charge in [0.25, 0.3) is 0 Å². The van der Waals surface area contributed by atoms with Gasteiger partial charge in [-0.15, -0.1) is 0 Å². The molecule has 0 aromatic rings. The summed E-state index contributed by atoms with van der Waals surface area (Å²) in [6, 6.07) is -4.39. The van der Waals surface area contributed by atoms with Crippen molar-refractivity contribution in [1.82, 2.24) is 16.0 Å². The zero-order valence-corrected chi connectivity index (χ0v) is 18.6. The Labute approximate surface area is 180 Å². The fourth-order valence-corrected chi connectivity index (χ4v) is 2.94. The van der Waals surface area contributed by atoms with E-state index in [9.17, 15) is 29.1 Å². The van der Waals surface area contributed by atoms with Gasteiger partial charge in [-0.25, -0.2) is 4.79 Å². The maximum absolute atomic E-state index is 12.5. The standard InChI is InChI=1S/C18H33N5O6S/c1-9(2)7-11(19)16(26)21-10(3)15(25)23-13(8-14(20)24)17(27)22-12(18(28)29)5-6-30-4/h9-13H,5-8,19H2,1-4H3,(H2,20,24)(H,21,26)(H,22,27)(H,23,25)(H,28,29). The van der Waals surface area contributed by atoms with Crippen LogP contribution in [0.15, 0.2) is 0 Å². The fraction of sp³-hybridized carbons (Fsp3) is 0.722. The van der Waals surface area contributed by atoms with Crippen molar-refractivity contribution < 1.29 is 29.1 Å². The Balaban J connectivity index is 5.07. The lowest BCUT2D eigenvalue weighted by Crippen LogP contribution is -2.57. The van der Waals surface area contributed by atoms with Crippen molar-refractivity contribution in [1.29, 1.82) is 0 Å². The monoisotopic (exact) mass is 447 g/mol. The Morgan fingerprint density at radius 3 is 1.97 bits per heavy atom. The molecule has 0 saturated heterocycles. The fourth-order valence-electron chi connectivity index (χ4n) is 2.47. The molecule has 11 nitrogen and oxygen atoms in total. The molecule has 0 rings (SSSR count). The lowest BCUT2D eigenvalue weighted by Gasteiger charge is -2.23. The van der Waals surface area contributed by atoms with E-state index < -0.39 is 60.2 Å². The highest BCUT2D eigenvalue weighted by atomic mass is 32.2. The van der Waals surface area contributed by atoms with E-state index in [0.29, 0.717) is 12.2 Å². The number of carbonyl (C=O) groups is 5. The van der Waals surface area contributed by atoms with Crippen LogP contribution in [0.25, 0.3) is 0 Å². The van der Waals surface area contributed by atoms with Gasteiger partial charge >= 0.3 is 5.97 Å². The summed E-state index contributed by atoms with van der Waals surface area (Å²) < 4.78 is 0. The van der Waals surface area contributed by atoms with Crippen molar-refractivity contribution in [3.05, 3.63) is 0 Å². The van der Waals surface area contributed by atoms with E-state index in [1.165, 1.54) is 18.7 Å². The molecule has 0 aliphatic carbocycles. The van der Waals surface area contributed by atoms with Gasteiger partial charge in [0.1, 0.15) is 18.1 Å². The van der Waals surface area contributed by atoms with Crippen LogP contribution < -0.4 is 27.4 Å². The molecule has 4 unspecified atom stereocenters. The largest absolute Gasteiger partial charge is 0.480 e. The van der Waals surface area contributed by atoms with E-state index >= 15 is 0 Å². The Morgan fingerprint density at radius 1 is 0.933 bits per heavy atom. The van der Waals surface area contributed by atoms with Gasteiger partial charge in [-0.05, 0) is 37.7 Å². The molecular weight excluding hydrogens is 414 g/mol. The van der Waals surface area contributed by atoms with Gasteiger partial charge in [0.05, 0.1) is 12.5 Å². The van der Waals surface area contributed by atoms with Crippen LogP contribution in [0.2, 0.25) is 0 Å². The second-order valence-electron chi connectivity index (χ2n) is 7.38. The number of carboxylic acid groups (broad SMARTS) is 1. The summed E-state index contributed by atoms with van der Waals surface area (Å²) in [6.45, 7) is 5.20. The van der Waals surface area contributed by atoms with Gasteiger partial charge < -0.3 is 32.5 Å². The number of aliphatic carboxylic acids is 1. The van der Waals surface area contributed by atoms with Crippen LogP contribution in [-0.4, -0.2) is 70.9 Å². The minimum atomic E-state index is -1.38. The molecule has 0 spiro atoms. The molecular formula is C18H33N5O6S. The van der Waals surface area contributed by atoms with Gasteiger partial charge in [-0.2, -0.15) is 11.8 Å². The maximum Gasteiger partial charge on any atom is 0.326 e.